The van der Waals surface area contributed by atoms with Crippen molar-refractivity contribution in [1.82, 2.24) is 4.98 Å². The smallest absolute Gasteiger partial charge is 0.163 e. The van der Waals surface area contributed by atoms with E-state index in [1.807, 2.05) is 5.38 Å². The van der Waals surface area contributed by atoms with Crippen molar-refractivity contribution in [2.75, 3.05) is 0 Å². The van der Waals surface area contributed by atoms with Crippen LogP contribution < -0.4 is 4.74 Å². The predicted molar refractivity (Wildman–Crippen MR) is 62.9 cm³/mol. The molecule has 0 saturated carbocycles. The van der Waals surface area contributed by atoms with Gasteiger partial charge in [0.05, 0.1) is 5.56 Å². The number of hydrogen-bond acceptors (Lipinski definition) is 4. The molecule has 2 rings (SSSR count). The van der Waals surface area contributed by atoms with Crippen molar-refractivity contribution < 1.29 is 13.9 Å². The molecule has 0 saturated heterocycles. The number of aromatic nitrogens is 1. The Labute approximate surface area is 102 Å². The molecule has 5 heteroatoms. The van der Waals surface area contributed by atoms with E-state index in [9.17, 15) is 9.18 Å². The van der Waals surface area contributed by atoms with Gasteiger partial charge in [-0.2, -0.15) is 0 Å². The van der Waals surface area contributed by atoms with Crippen molar-refractivity contribution in [1.29, 1.82) is 0 Å². The van der Waals surface area contributed by atoms with E-state index in [1.165, 1.54) is 36.5 Å². The molecule has 0 amide bonds. The first-order valence-electron chi connectivity index (χ1n) is 4.98. The van der Waals surface area contributed by atoms with Crippen LogP contribution in [0.25, 0.3) is 0 Å². The summed E-state index contributed by atoms with van der Waals surface area (Å²) in [7, 11) is 0. The van der Waals surface area contributed by atoms with Crippen molar-refractivity contribution in [3.05, 3.63) is 46.2 Å². The van der Waals surface area contributed by atoms with Gasteiger partial charge >= 0.3 is 0 Å². The molecule has 0 aliphatic carbocycles. The fourth-order valence-electron chi connectivity index (χ4n) is 1.37. The van der Waals surface area contributed by atoms with E-state index in [-0.39, 0.29) is 18.0 Å². The van der Waals surface area contributed by atoms with Crippen molar-refractivity contribution >= 4 is 17.1 Å². The van der Waals surface area contributed by atoms with Crippen LogP contribution in [0.2, 0.25) is 0 Å². The molecule has 0 N–H and O–H groups in total. The summed E-state index contributed by atoms with van der Waals surface area (Å²) in [5.41, 5.74) is 0.251. The fourth-order valence-corrected chi connectivity index (χ4v) is 1.89. The van der Waals surface area contributed by atoms with Crippen LogP contribution in [0, 0.1) is 5.82 Å². The third-order valence-corrected chi connectivity index (χ3v) is 2.91. The Hall–Kier alpha value is -1.75. The minimum atomic E-state index is -0.447. The molecule has 1 heterocycles. The number of ether oxygens (including phenoxy) is 1. The zero-order valence-electron chi connectivity index (χ0n) is 9.14. The number of thiazole rings is 1. The second-order valence-electron chi connectivity index (χ2n) is 3.41. The second kappa shape index (κ2) is 5.05. The zero-order valence-corrected chi connectivity index (χ0v) is 9.96. The van der Waals surface area contributed by atoms with E-state index >= 15 is 0 Å². The molecule has 0 bridgehead atoms. The maximum absolute atomic E-state index is 13.0. The molecule has 88 valence electrons. The van der Waals surface area contributed by atoms with Gasteiger partial charge in [-0.3, -0.25) is 4.79 Å². The van der Waals surface area contributed by atoms with Crippen LogP contribution in [0.5, 0.6) is 5.75 Å². The van der Waals surface area contributed by atoms with E-state index in [0.29, 0.717) is 5.75 Å². The van der Waals surface area contributed by atoms with Gasteiger partial charge in [0.1, 0.15) is 23.2 Å². The third kappa shape index (κ3) is 2.88. The van der Waals surface area contributed by atoms with Crippen molar-refractivity contribution in [2.24, 2.45) is 0 Å². The molecule has 3 nitrogen and oxygen atoms in total. The summed E-state index contributed by atoms with van der Waals surface area (Å²) < 4.78 is 18.5. The summed E-state index contributed by atoms with van der Waals surface area (Å²) in [6.07, 6.45) is 1.68. The van der Waals surface area contributed by atoms with Crippen molar-refractivity contribution in [3.63, 3.8) is 0 Å². The number of rotatable bonds is 4. The van der Waals surface area contributed by atoms with E-state index in [4.69, 9.17) is 4.74 Å². The number of carbonyl (C=O) groups excluding carboxylic acids is 1. The minimum absolute atomic E-state index is 0.223. The highest BCUT2D eigenvalue weighted by molar-refractivity contribution is 7.09. The highest BCUT2D eigenvalue weighted by atomic mass is 32.1. The van der Waals surface area contributed by atoms with Gasteiger partial charge in [-0.25, -0.2) is 9.37 Å². The van der Waals surface area contributed by atoms with Gasteiger partial charge in [-0.15, -0.1) is 11.3 Å². The lowest BCUT2D eigenvalue weighted by atomic mass is 10.1. The summed E-state index contributed by atoms with van der Waals surface area (Å²) in [5.74, 6) is -0.287. The van der Waals surface area contributed by atoms with Crippen molar-refractivity contribution in [3.8, 4) is 5.75 Å². The number of halogens is 1. The maximum atomic E-state index is 13.0. The van der Waals surface area contributed by atoms with Crippen molar-refractivity contribution in [2.45, 2.75) is 13.5 Å². The van der Waals surface area contributed by atoms with Crippen LogP contribution in [-0.4, -0.2) is 10.8 Å². The summed E-state index contributed by atoms with van der Waals surface area (Å²) in [4.78, 5) is 15.4. The average Bonchev–Trinajstić information content (AvgIpc) is 2.80. The summed E-state index contributed by atoms with van der Waals surface area (Å²) in [6, 6.07) is 3.91. The van der Waals surface area contributed by atoms with Crippen LogP contribution >= 0.6 is 11.3 Å². The number of benzene rings is 1. The van der Waals surface area contributed by atoms with Gasteiger partial charge < -0.3 is 4.74 Å². The standard InChI is InChI=1S/C12H10FNO2S/c1-8(15)10-6-9(13)2-3-11(10)16-7-12-14-4-5-17-12/h2-6H,7H2,1H3. The lowest BCUT2D eigenvalue weighted by molar-refractivity contribution is 0.101. The molecule has 0 fully saturated rings. The van der Waals surface area contributed by atoms with Crippen LogP contribution in [0.1, 0.15) is 22.3 Å². The Balaban J connectivity index is 2.17. The first kappa shape index (κ1) is 11.7. The zero-order chi connectivity index (χ0) is 12.3. The number of nitrogens with zero attached hydrogens (tertiary/aromatic N) is 1. The predicted octanol–water partition coefficient (Wildman–Crippen LogP) is 3.06. The first-order chi connectivity index (χ1) is 8.16. The third-order valence-electron chi connectivity index (χ3n) is 2.16. The Morgan fingerprint density at radius 2 is 2.35 bits per heavy atom. The highest BCUT2D eigenvalue weighted by Gasteiger charge is 2.10. The maximum Gasteiger partial charge on any atom is 0.163 e. The molecule has 2 aromatic rings. The molecule has 0 radical (unpaired) electrons. The van der Waals surface area contributed by atoms with Crippen LogP contribution in [-0.2, 0) is 6.61 Å². The van der Waals surface area contributed by atoms with Gasteiger partial charge in [0.2, 0.25) is 0 Å². The average molecular weight is 251 g/mol. The van der Waals surface area contributed by atoms with Gasteiger partial charge in [-0.1, -0.05) is 0 Å². The Bertz CT molecular complexity index is 525. The molecule has 17 heavy (non-hydrogen) atoms. The van der Waals surface area contributed by atoms with Gasteiger partial charge in [0, 0.05) is 11.6 Å². The molecule has 0 spiro atoms. The van der Waals surface area contributed by atoms with Gasteiger partial charge in [0.25, 0.3) is 0 Å². The van der Waals surface area contributed by atoms with Crippen LogP contribution in [0.3, 0.4) is 0 Å². The van der Waals surface area contributed by atoms with Crippen LogP contribution in [0.4, 0.5) is 4.39 Å². The number of hydrogen-bond donors (Lipinski definition) is 0. The Morgan fingerprint density at radius 1 is 1.53 bits per heavy atom. The number of Topliss-reactive ketones (excluding diaryl/α,β-unsaturated/α-hetero) is 1. The molecule has 1 aromatic carbocycles. The minimum Gasteiger partial charge on any atom is -0.486 e. The quantitative estimate of drug-likeness (QED) is 0.784. The molecule has 0 unspecified atom stereocenters. The van der Waals surface area contributed by atoms with E-state index in [2.05, 4.69) is 4.98 Å². The Kier molecular flexibility index (Phi) is 3.49. The highest BCUT2D eigenvalue weighted by Crippen LogP contribution is 2.21. The Morgan fingerprint density at radius 3 is 3.00 bits per heavy atom. The number of ketones is 1. The van der Waals surface area contributed by atoms with E-state index < -0.39 is 5.82 Å². The molecular weight excluding hydrogens is 241 g/mol. The first-order valence-corrected chi connectivity index (χ1v) is 5.86. The molecule has 0 aliphatic heterocycles. The summed E-state index contributed by atoms with van der Waals surface area (Å²) in [5, 5.41) is 2.65. The molecular formula is C12H10FNO2S. The van der Waals surface area contributed by atoms with Gasteiger partial charge in [0.15, 0.2) is 5.78 Å². The topological polar surface area (TPSA) is 39.2 Å². The second-order valence-corrected chi connectivity index (χ2v) is 4.39. The molecule has 0 atom stereocenters. The lowest BCUT2D eigenvalue weighted by Crippen LogP contribution is -2.02. The van der Waals surface area contributed by atoms with Crippen LogP contribution in [0.15, 0.2) is 29.8 Å². The normalized spacial score (nSPS) is 10.2. The van der Waals surface area contributed by atoms with E-state index in [1.54, 1.807) is 6.20 Å². The SMILES string of the molecule is CC(=O)c1cc(F)ccc1OCc1nccs1. The molecule has 1 aromatic heterocycles. The monoisotopic (exact) mass is 251 g/mol. The fraction of sp³-hybridized carbons (Fsp3) is 0.167. The largest absolute Gasteiger partial charge is 0.486 e. The lowest BCUT2D eigenvalue weighted by Gasteiger charge is -2.08. The van der Waals surface area contributed by atoms with Gasteiger partial charge in [-0.05, 0) is 25.1 Å². The van der Waals surface area contributed by atoms with E-state index in [0.717, 1.165) is 5.01 Å². The summed E-state index contributed by atoms with van der Waals surface area (Å²) in [6.45, 7) is 1.66. The number of carbonyl (C=O) groups is 1. The molecule has 0 aliphatic rings. The summed E-state index contributed by atoms with van der Waals surface area (Å²) >= 11 is 1.46.